The van der Waals surface area contributed by atoms with Crippen LogP contribution in [0, 0.1) is 0 Å². The van der Waals surface area contributed by atoms with Gasteiger partial charge in [-0.3, -0.25) is 4.79 Å². The first kappa shape index (κ1) is 22.9. The highest BCUT2D eigenvalue weighted by Gasteiger charge is 2.26. The zero-order valence-corrected chi connectivity index (χ0v) is 18.7. The van der Waals surface area contributed by atoms with E-state index in [0.29, 0.717) is 23.7 Å². The van der Waals surface area contributed by atoms with Crippen molar-refractivity contribution < 1.29 is 15.0 Å². The van der Waals surface area contributed by atoms with E-state index in [0.717, 1.165) is 47.8 Å². The normalized spacial score (nSPS) is 13.8. The van der Waals surface area contributed by atoms with Gasteiger partial charge in [0.25, 0.3) is 5.56 Å². The van der Waals surface area contributed by atoms with Crippen molar-refractivity contribution >= 4 is 29.3 Å². The number of nitrogens with zero attached hydrogens (tertiary/aromatic N) is 1. The molecule has 0 amide bonds. The number of carbonyl (C=O) groups is 1. The van der Waals surface area contributed by atoms with Crippen molar-refractivity contribution in [1.82, 2.24) is 14.9 Å². The van der Waals surface area contributed by atoms with Crippen LogP contribution in [0.25, 0.3) is 22.2 Å². The lowest BCUT2D eigenvalue weighted by Crippen LogP contribution is -2.25. The largest absolute Gasteiger partial charge is 0.506 e. The van der Waals surface area contributed by atoms with Gasteiger partial charge in [-0.05, 0) is 56.4 Å². The van der Waals surface area contributed by atoms with Crippen molar-refractivity contribution in [2.24, 2.45) is 7.05 Å². The van der Waals surface area contributed by atoms with E-state index in [1.165, 1.54) is 5.69 Å². The molecule has 3 aromatic rings. The number of pyridine rings is 1. The Morgan fingerprint density at radius 2 is 2.03 bits per heavy atom. The molecule has 1 unspecified atom stereocenters. The van der Waals surface area contributed by atoms with Crippen LogP contribution in [0.15, 0.2) is 23.0 Å². The van der Waals surface area contributed by atoms with E-state index in [2.05, 4.69) is 47.9 Å². The Morgan fingerprint density at radius 1 is 1.29 bits per heavy atom. The zero-order valence-electron chi connectivity index (χ0n) is 17.9. The van der Waals surface area contributed by atoms with Gasteiger partial charge < -0.3 is 25.1 Å². The molecule has 0 saturated carbocycles. The Balaban J connectivity index is 0.00000272. The summed E-state index contributed by atoms with van der Waals surface area (Å²) in [5.41, 5.74) is 3.89. The van der Waals surface area contributed by atoms with Gasteiger partial charge in [0.1, 0.15) is 5.75 Å². The summed E-state index contributed by atoms with van der Waals surface area (Å²) in [4.78, 5) is 26.5. The van der Waals surface area contributed by atoms with Gasteiger partial charge in [0.15, 0.2) is 5.56 Å². The van der Waals surface area contributed by atoms with Crippen LogP contribution in [-0.2, 0) is 26.4 Å². The Kier molecular flexibility index (Phi) is 6.48. The molecule has 1 aliphatic rings. The summed E-state index contributed by atoms with van der Waals surface area (Å²) in [5.74, 6) is -1.83. The number of carboxylic acids is 1. The number of halogens is 1. The minimum Gasteiger partial charge on any atom is -0.506 e. The number of hydrogen-bond donors (Lipinski definition) is 4. The van der Waals surface area contributed by atoms with Crippen molar-refractivity contribution in [1.29, 1.82) is 0 Å². The first-order valence-electron chi connectivity index (χ1n) is 10.4. The molecule has 0 spiro atoms. The number of rotatable bonds is 5. The highest BCUT2D eigenvalue weighted by atomic mass is 35.5. The fraction of sp³-hybridized carbons (Fsp3) is 0.391. The van der Waals surface area contributed by atoms with Crippen LogP contribution in [0.2, 0.25) is 0 Å². The molecule has 1 atom stereocenters. The third-order valence-electron chi connectivity index (χ3n) is 6.26. The van der Waals surface area contributed by atoms with Gasteiger partial charge in [-0.15, -0.1) is 12.4 Å². The smallest absolute Gasteiger partial charge is 0.345 e. The SMILES string of the molecule is CCC(C)NCc1cc2cc3c(cc2n1C)CCCc1c-3[nH]c(=O)c(C(=O)O)c1O.Cl. The average molecular weight is 446 g/mol. The van der Waals surface area contributed by atoms with Crippen LogP contribution < -0.4 is 10.9 Å². The molecule has 2 heterocycles. The summed E-state index contributed by atoms with van der Waals surface area (Å²) in [6.45, 7) is 5.08. The fourth-order valence-electron chi connectivity index (χ4n) is 4.27. The standard InChI is InChI=1S/C23H27N3O4.ClH/c1-4-12(2)24-11-15-8-14-9-17-13(10-18(14)26(15)3)6-5-7-16-20(17)25-22(28)19(21(16)27)23(29)30;/h8-10,12,24H,4-7,11H2,1-3H3,(H,29,30)(H2,25,27,28);1H. The molecule has 0 saturated heterocycles. The lowest BCUT2D eigenvalue weighted by molar-refractivity contribution is 0.0691. The first-order chi connectivity index (χ1) is 14.3. The highest BCUT2D eigenvalue weighted by Crippen LogP contribution is 2.38. The van der Waals surface area contributed by atoms with Gasteiger partial charge in [0, 0.05) is 47.4 Å². The van der Waals surface area contributed by atoms with E-state index < -0.39 is 22.8 Å². The Bertz CT molecular complexity index is 1210. The number of aromatic carboxylic acids is 1. The van der Waals surface area contributed by atoms with E-state index >= 15 is 0 Å². The molecule has 4 N–H and O–H groups in total. The van der Waals surface area contributed by atoms with Gasteiger partial charge in [-0.2, -0.15) is 0 Å². The predicted molar refractivity (Wildman–Crippen MR) is 123 cm³/mol. The van der Waals surface area contributed by atoms with Crippen LogP contribution >= 0.6 is 12.4 Å². The van der Waals surface area contributed by atoms with E-state index in [9.17, 15) is 19.8 Å². The number of carboxylic acid groups (broad SMARTS) is 1. The molecule has 0 aliphatic heterocycles. The number of H-pyrrole nitrogens is 1. The number of aromatic hydroxyl groups is 1. The van der Waals surface area contributed by atoms with Gasteiger partial charge in [-0.25, -0.2) is 4.79 Å². The first-order valence-corrected chi connectivity index (χ1v) is 10.4. The summed E-state index contributed by atoms with van der Waals surface area (Å²) < 4.78 is 2.19. The minimum atomic E-state index is -1.42. The lowest BCUT2D eigenvalue weighted by atomic mass is 9.98. The van der Waals surface area contributed by atoms with Crippen molar-refractivity contribution in [2.75, 3.05) is 0 Å². The Labute approximate surface area is 186 Å². The van der Waals surface area contributed by atoms with Crippen LogP contribution in [-0.4, -0.2) is 31.8 Å². The second-order valence-electron chi connectivity index (χ2n) is 8.14. The second-order valence-corrected chi connectivity index (χ2v) is 8.14. The van der Waals surface area contributed by atoms with Gasteiger partial charge in [0.05, 0.1) is 5.69 Å². The number of aromatic nitrogens is 2. The molecule has 8 heteroatoms. The number of aromatic amines is 1. The third-order valence-corrected chi connectivity index (χ3v) is 6.26. The summed E-state index contributed by atoms with van der Waals surface area (Å²) in [5, 5.41) is 24.4. The van der Waals surface area contributed by atoms with Crippen molar-refractivity contribution in [3.05, 3.63) is 50.9 Å². The number of hydrogen-bond acceptors (Lipinski definition) is 4. The maximum absolute atomic E-state index is 12.4. The summed E-state index contributed by atoms with van der Waals surface area (Å²) >= 11 is 0. The summed E-state index contributed by atoms with van der Waals surface area (Å²) in [6, 6.07) is 6.76. The van der Waals surface area contributed by atoms with E-state index in [1.807, 2.05) is 6.07 Å². The highest BCUT2D eigenvalue weighted by molar-refractivity contribution is 5.93. The minimum absolute atomic E-state index is 0. The maximum atomic E-state index is 12.4. The van der Waals surface area contributed by atoms with Crippen LogP contribution in [0.1, 0.15) is 53.9 Å². The van der Waals surface area contributed by atoms with Gasteiger partial charge in [0.2, 0.25) is 0 Å². The van der Waals surface area contributed by atoms with Gasteiger partial charge in [-0.1, -0.05) is 6.92 Å². The molecule has 31 heavy (non-hydrogen) atoms. The molecular weight excluding hydrogens is 418 g/mol. The molecule has 1 aliphatic carbocycles. The van der Waals surface area contributed by atoms with Crippen LogP contribution in [0.4, 0.5) is 0 Å². The number of benzene rings is 1. The van der Waals surface area contributed by atoms with Crippen molar-refractivity contribution in [2.45, 2.75) is 52.1 Å². The Morgan fingerprint density at radius 3 is 2.71 bits per heavy atom. The molecule has 1 aromatic carbocycles. The van der Waals surface area contributed by atoms with Gasteiger partial charge >= 0.3 is 5.97 Å². The van der Waals surface area contributed by atoms with Crippen LogP contribution in [0.3, 0.4) is 0 Å². The van der Waals surface area contributed by atoms with Crippen molar-refractivity contribution in [3.8, 4) is 17.0 Å². The molecule has 7 nitrogen and oxygen atoms in total. The maximum Gasteiger partial charge on any atom is 0.345 e. The Hall–Kier alpha value is -2.77. The van der Waals surface area contributed by atoms with E-state index in [1.54, 1.807) is 0 Å². The molecule has 166 valence electrons. The monoisotopic (exact) mass is 445 g/mol. The molecule has 0 fully saturated rings. The van der Waals surface area contributed by atoms with Crippen LogP contribution in [0.5, 0.6) is 5.75 Å². The molecular formula is C23H28ClN3O4. The van der Waals surface area contributed by atoms with E-state index in [-0.39, 0.29) is 12.4 Å². The third kappa shape index (κ3) is 3.95. The second kappa shape index (κ2) is 8.77. The molecule has 2 aromatic heterocycles. The number of aryl methyl sites for hydroxylation is 2. The average Bonchev–Trinajstić information content (AvgIpc) is 2.89. The summed E-state index contributed by atoms with van der Waals surface area (Å²) in [6.07, 6.45) is 3.12. The zero-order chi connectivity index (χ0) is 21.6. The van der Waals surface area contributed by atoms with Crippen molar-refractivity contribution in [3.63, 3.8) is 0 Å². The molecule has 0 radical (unpaired) electrons. The topological polar surface area (TPSA) is 107 Å². The predicted octanol–water partition coefficient (Wildman–Crippen LogP) is 3.74. The molecule has 4 rings (SSSR count). The number of nitrogens with one attached hydrogen (secondary N) is 2. The molecule has 0 bridgehead atoms. The fourth-order valence-corrected chi connectivity index (χ4v) is 4.27. The lowest BCUT2D eigenvalue weighted by Gasteiger charge is -2.13. The number of fused-ring (bicyclic) bond motifs is 4. The summed E-state index contributed by atoms with van der Waals surface area (Å²) in [7, 11) is 2.06. The quantitative estimate of drug-likeness (QED) is 0.478. The van der Waals surface area contributed by atoms with E-state index in [4.69, 9.17) is 0 Å².